The highest BCUT2D eigenvalue weighted by molar-refractivity contribution is 5.18. The zero-order chi connectivity index (χ0) is 11.9. The average molecular weight is 232 g/mol. The number of nitrogens with zero attached hydrogens (tertiary/aromatic N) is 1. The van der Waals surface area contributed by atoms with E-state index in [4.69, 9.17) is 5.73 Å². The second-order valence-corrected chi connectivity index (χ2v) is 5.09. The smallest absolute Gasteiger partial charge is 0.0424 e. The Hall–Kier alpha value is -0.860. The topological polar surface area (TPSA) is 29.3 Å². The van der Waals surface area contributed by atoms with E-state index >= 15 is 0 Å². The molecular formula is C15H24N2. The zero-order valence-electron chi connectivity index (χ0n) is 10.6. The SMILES string of the molecule is NC(CN1CCCCCCC1)c1ccccc1. The number of likely N-dealkylation sites (tertiary alicyclic amines) is 1. The van der Waals surface area contributed by atoms with Gasteiger partial charge in [0.05, 0.1) is 0 Å². The van der Waals surface area contributed by atoms with Gasteiger partial charge in [-0.1, -0.05) is 49.6 Å². The molecule has 1 heterocycles. The van der Waals surface area contributed by atoms with E-state index in [1.807, 2.05) is 6.07 Å². The van der Waals surface area contributed by atoms with Crippen LogP contribution < -0.4 is 5.73 Å². The molecule has 0 bridgehead atoms. The molecule has 1 fully saturated rings. The Morgan fingerprint density at radius 1 is 0.941 bits per heavy atom. The van der Waals surface area contributed by atoms with Crippen LogP contribution in [0.3, 0.4) is 0 Å². The molecule has 1 aromatic carbocycles. The maximum Gasteiger partial charge on any atom is 0.0424 e. The summed E-state index contributed by atoms with van der Waals surface area (Å²) in [4.78, 5) is 2.54. The quantitative estimate of drug-likeness (QED) is 0.868. The van der Waals surface area contributed by atoms with Gasteiger partial charge in [0.1, 0.15) is 0 Å². The highest BCUT2D eigenvalue weighted by Crippen LogP contribution is 2.15. The first-order valence-corrected chi connectivity index (χ1v) is 6.89. The lowest BCUT2D eigenvalue weighted by atomic mass is 10.1. The molecule has 17 heavy (non-hydrogen) atoms. The molecule has 0 radical (unpaired) electrons. The Kier molecular flexibility index (Phi) is 5.02. The van der Waals surface area contributed by atoms with Crippen molar-refractivity contribution in [2.45, 2.75) is 38.1 Å². The largest absolute Gasteiger partial charge is 0.323 e. The van der Waals surface area contributed by atoms with Crippen molar-refractivity contribution < 1.29 is 0 Å². The summed E-state index contributed by atoms with van der Waals surface area (Å²) < 4.78 is 0. The van der Waals surface area contributed by atoms with Crippen molar-refractivity contribution in [1.29, 1.82) is 0 Å². The van der Waals surface area contributed by atoms with Crippen LogP contribution in [0.1, 0.15) is 43.7 Å². The van der Waals surface area contributed by atoms with E-state index in [9.17, 15) is 0 Å². The number of rotatable bonds is 3. The fourth-order valence-electron chi connectivity index (χ4n) is 2.58. The van der Waals surface area contributed by atoms with Crippen LogP contribution in [0.25, 0.3) is 0 Å². The zero-order valence-corrected chi connectivity index (χ0v) is 10.6. The van der Waals surface area contributed by atoms with Crippen molar-refractivity contribution >= 4 is 0 Å². The number of benzene rings is 1. The maximum atomic E-state index is 6.27. The summed E-state index contributed by atoms with van der Waals surface area (Å²) in [6.45, 7) is 3.45. The van der Waals surface area contributed by atoms with Crippen molar-refractivity contribution in [3.8, 4) is 0 Å². The van der Waals surface area contributed by atoms with Gasteiger partial charge in [-0.25, -0.2) is 0 Å². The van der Waals surface area contributed by atoms with Gasteiger partial charge in [0, 0.05) is 12.6 Å². The molecule has 1 aromatic rings. The lowest BCUT2D eigenvalue weighted by molar-refractivity contribution is 0.234. The first-order valence-electron chi connectivity index (χ1n) is 6.89. The van der Waals surface area contributed by atoms with E-state index in [0.717, 1.165) is 6.54 Å². The second kappa shape index (κ2) is 6.77. The van der Waals surface area contributed by atoms with Gasteiger partial charge >= 0.3 is 0 Å². The van der Waals surface area contributed by atoms with Crippen LogP contribution in [0, 0.1) is 0 Å². The standard InChI is InChI=1S/C15H24N2/c16-15(14-9-5-4-6-10-14)13-17-11-7-2-1-3-8-12-17/h4-6,9-10,15H,1-3,7-8,11-13,16H2. The van der Waals surface area contributed by atoms with Crippen LogP contribution in [0.5, 0.6) is 0 Å². The van der Waals surface area contributed by atoms with E-state index in [1.165, 1.54) is 50.8 Å². The van der Waals surface area contributed by atoms with Crippen LogP contribution in [0.15, 0.2) is 30.3 Å². The molecular weight excluding hydrogens is 208 g/mol. The summed E-state index contributed by atoms with van der Waals surface area (Å²) in [5.41, 5.74) is 7.53. The molecule has 0 aromatic heterocycles. The minimum absolute atomic E-state index is 0.163. The Labute approximate surface area is 105 Å². The Morgan fingerprint density at radius 3 is 2.18 bits per heavy atom. The second-order valence-electron chi connectivity index (χ2n) is 5.09. The van der Waals surface area contributed by atoms with Gasteiger partial charge in [0.15, 0.2) is 0 Å². The number of hydrogen-bond acceptors (Lipinski definition) is 2. The molecule has 1 aliphatic heterocycles. The summed E-state index contributed by atoms with van der Waals surface area (Å²) in [5.74, 6) is 0. The molecule has 1 saturated heterocycles. The Morgan fingerprint density at radius 2 is 1.53 bits per heavy atom. The molecule has 1 aliphatic rings. The van der Waals surface area contributed by atoms with Gasteiger partial charge in [0.25, 0.3) is 0 Å². The molecule has 0 aliphatic carbocycles. The van der Waals surface area contributed by atoms with Crippen LogP contribution in [-0.2, 0) is 0 Å². The maximum absolute atomic E-state index is 6.27. The van der Waals surface area contributed by atoms with Gasteiger partial charge in [-0.3, -0.25) is 0 Å². The average Bonchev–Trinajstić information content (AvgIpc) is 2.33. The van der Waals surface area contributed by atoms with Gasteiger partial charge in [-0.2, -0.15) is 0 Å². The molecule has 2 heteroatoms. The molecule has 1 unspecified atom stereocenters. The molecule has 0 amide bonds. The van der Waals surface area contributed by atoms with Crippen molar-refractivity contribution in [2.24, 2.45) is 5.73 Å². The van der Waals surface area contributed by atoms with Gasteiger partial charge in [0.2, 0.25) is 0 Å². The van der Waals surface area contributed by atoms with Crippen LogP contribution in [0.2, 0.25) is 0 Å². The Bertz CT molecular complexity index is 302. The van der Waals surface area contributed by atoms with E-state index in [1.54, 1.807) is 0 Å². The number of hydrogen-bond donors (Lipinski definition) is 1. The molecule has 2 nitrogen and oxygen atoms in total. The lowest BCUT2D eigenvalue weighted by Crippen LogP contribution is -2.34. The van der Waals surface area contributed by atoms with Gasteiger partial charge < -0.3 is 10.6 Å². The Balaban J connectivity index is 1.86. The molecule has 2 N–H and O–H groups in total. The van der Waals surface area contributed by atoms with Gasteiger partial charge in [-0.05, 0) is 31.5 Å². The minimum atomic E-state index is 0.163. The van der Waals surface area contributed by atoms with Crippen LogP contribution >= 0.6 is 0 Å². The highest BCUT2D eigenvalue weighted by Gasteiger charge is 2.13. The third-order valence-corrected chi connectivity index (χ3v) is 3.63. The molecule has 0 saturated carbocycles. The summed E-state index contributed by atoms with van der Waals surface area (Å²) in [5, 5.41) is 0. The lowest BCUT2D eigenvalue weighted by Gasteiger charge is -2.27. The summed E-state index contributed by atoms with van der Waals surface area (Å²) in [6.07, 6.45) is 6.86. The third-order valence-electron chi connectivity index (χ3n) is 3.63. The van der Waals surface area contributed by atoms with E-state index in [-0.39, 0.29) is 6.04 Å². The minimum Gasteiger partial charge on any atom is -0.323 e. The van der Waals surface area contributed by atoms with E-state index in [2.05, 4.69) is 29.2 Å². The molecule has 94 valence electrons. The van der Waals surface area contributed by atoms with Crippen molar-refractivity contribution in [3.05, 3.63) is 35.9 Å². The fraction of sp³-hybridized carbons (Fsp3) is 0.600. The highest BCUT2D eigenvalue weighted by atomic mass is 15.1. The summed E-state index contributed by atoms with van der Waals surface area (Å²) in [6, 6.07) is 10.6. The first-order chi connectivity index (χ1) is 8.36. The molecule has 0 spiro atoms. The van der Waals surface area contributed by atoms with Crippen molar-refractivity contribution in [2.75, 3.05) is 19.6 Å². The first kappa shape index (κ1) is 12.6. The van der Waals surface area contributed by atoms with Crippen molar-refractivity contribution in [1.82, 2.24) is 4.90 Å². The summed E-state index contributed by atoms with van der Waals surface area (Å²) >= 11 is 0. The van der Waals surface area contributed by atoms with Crippen molar-refractivity contribution in [3.63, 3.8) is 0 Å². The van der Waals surface area contributed by atoms with E-state index in [0.29, 0.717) is 0 Å². The number of nitrogens with two attached hydrogens (primary N) is 1. The van der Waals surface area contributed by atoms with E-state index < -0.39 is 0 Å². The third kappa shape index (κ3) is 4.14. The normalized spacial score (nSPS) is 20.5. The predicted molar refractivity (Wildman–Crippen MR) is 72.9 cm³/mol. The van der Waals surface area contributed by atoms with Crippen LogP contribution in [0.4, 0.5) is 0 Å². The molecule has 2 rings (SSSR count). The monoisotopic (exact) mass is 232 g/mol. The fourth-order valence-corrected chi connectivity index (χ4v) is 2.58. The molecule has 1 atom stereocenters. The van der Waals surface area contributed by atoms with Gasteiger partial charge in [-0.15, -0.1) is 0 Å². The summed E-state index contributed by atoms with van der Waals surface area (Å²) in [7, 11) is 0. The van der Waals surface area contributed by atoms with Crippen LogP contribution in [-0.4, -0.2) is 24.5 Å². The predicted octanol–water partition coefficient (Wildman–Crippen LogP) is 2.95.